The van der Waals surface area contributed by atoms with Crippen molar-refractivity contribution in [2.75, 3.05) is 52.9 Å². The van der Waals surface area contributed by atoms with E-state index in [-0.39, 0.29) is 5.91 Å². The van der Waals surface area contributed by atoms with Gasteiger partial charge in [0.25, 0.3) is 0 Å². The zero-order valence-corrected chi connectivity index (χ0v) is 14.8. The number of carbonyl (C=O) groups excluding carboxylic acids is 1. The van der Waals surface area contributed by atoms with E-state index in [2.05, 4.69) is 23.6 Å². The van der Waals surface area contributed by atoms with Gasteiger partial charge in [0.05, 0.1) is 12.7 Å². The van der Waals surface area contributed by atoms with E-state index >= 15 is 0 Å². The second kappa shape index (κ2) is 8.27. The van der Waals surface area contributed by atoms with Crippen molar-refractivity contribution < 1.29 is 9.53 Å². The van der Waals surface area contributed by atoms with Crippen LogP contribution in [0.3, 0.4) is 0 Å². The fourth-order valence-electron chi connectivity index (χ4n) is 3.31. The van der Waals surface area contributed by atoms with Gasteiger partial charge in [0, 0.05) is 59.3 Å². The smallest absolute Gasteiger partial charge is 0.219 e. The van der Waals surface area contributed by atoms with Crippen LogP contribution < -0.4 is 0 Å². The Bertz CT molecular complexity index is 348. The van der Waals surface area contributed by atoms with Crippen molar-refractivity contribution in [3.63, 3.8) is 0 Å². The van der Waals surface area contributed by atoms with Gasteiger partial charge in [-0.15, -0.1) is 0 Å². The lowest BCUT2D eigenvalue weighted by Gasteiger charge is -2.41. The van der Waals surface area contributed by atoms with Gasteiger partial charge in [-0.2, -0.15) is 0 Å². The molecule has 1 saturated carbocycles. The molecular formula is C17H33N3O2. The molecule has 2 rings (SSSR count). The highest BCUT2D eigenvalue weighted by atomic mass is 16.5. The van der Waals surface area contributed by atoms with Crippen LogP contribution in [0.4, 0.5) is 0 Å². The molecule has 0 aromatic rings. The van der Waals surface area contributed by atoms with Crippen molar-refractivity contribution in [3.05, 3.63) is 0 Å². The first-order valence-corrected chi connectivity index (χ1v) is 8.75. The van der Waals surface area contributed by atoms with E-state index in [1.54, 1.807) is 6.92 Å². The van der Waals surface area contributed by atoms with Gasteiger partial charge in [-0.25, -0.2) is 0 Å². The highest BCUT2D eigenvalue weighted by molar-refractivity contribution is 5.73. The predicted octanol–water partition coefficient (Wildman–Crippen LogP) is 1.29. The molecule has 1 amide bonds. The van der Waals surface area contributed by atoms with E-state index < -0.39 is 0 Å². The molecule has 0 N–H and O–H groups in total. The Morgan fingerprint density at radius 2 is 1.77 bits per heavy atom. The van der Waals surface area contributed by atoms with Crippen molar-refractivity contribution in [2.45, 2.75) is 45.8 Å². The number of amides is 1. The van der Waals surface area contributed by atoms with E-state index in [9.17, 15) is 4.79 Å². The second-order valence-electron chi connectivity index (χ2n) is 7.28. The summed E-state index contributed by atoms with van der Waals surface area (Å²) in [6.45, 7) is 14.0. The number of hydrogen-bond donors (Lipinski definition) is 0. The Balaban J connectivity index is 1.51. The van der Waals surface area contributed by atoms with Crippen LogP contribution in [0.15, 0.2) is 0 Å². The molecular weight excluding hydrogens is 278 g/mol. The van der Waals surface area contributed by atoms with Gasteiger partial charge in [0.2, 0.25) is 5.91 Å². The molecule has 2 aliphatic rings. The molecule has 0 spiro atoms. The molecule has 0 unspecified atom stereocenters. The van der Waals surface area contributed by atoms with Crippen molar-refractivity contribution in [2.24, 2.45) is 5.92 Å². The third-order valence-corrected chi connectivity index (χ3v) is 4.96. The van der Waals surface area contributed by atoms with E-state index in [1.807, 2.05) is 11.9 Å². The van der Waals surface area contributed by atoms with Crippen LogP contribution in [0.1, 0.15) is 33.6 Å². The molecule has 0 aromatic carbocycles. The zero-order valence-electron chi connectivity index (χ0n) is 14.8. The normalized spacial score (nSPS) is 27.0. The fourth-order valence-corrected chi connectivity index (χ4v) is 3.31. The first kappa shape index (κ1) is 17.7. The summed E-state index contributed by atoms with van der Waals surface area (Å²) in [6, 6.07) is 0.391. The fraction of sp³-hybridized carbons (Fsp3) is 0.941. The Morgan fingerprint density at radius 1 is 1.18 bits per heavy atom. The van der Waals surface area contributed by atoms with Crippen LogP contribution in [0.2, 0.25) is 0 Å². The average molecular weight is 311 g/mol. The molecule has 22 heavy (non-hydrogen) atoms. The number of ether oxygens (including phenoxy) is 1. The maximum atomic E-state index is 11.3. The topological polar surface area (TPSA) is 36.0 Å². The highest BCUT2D eigenvalue weighted by Gasteiger charge is 2.33. The maximum Gasteiger partial charge on any atom is 0.219 e. The standard InChI is InChI=1S/C17H33N3O2/c1-14(2)13-20-7-5-19(6-8-20)9-10-22-17-11-16(12-17)18(4)15(3)21/h14,16-17H,5-13H2,1-4H3/t16-,17-. The molecule has 0 radical (unpaired) electrons. The van der Waals surface area contributed by atoms with Gasteiger partial charge in [-0.05, 0) is 18.8 Å². The van der Waals surface area contributed by atoms with Gasteiger partial charge < -0.3 is 14.5 Å². The van der Waals surface area contributed by atoms with Crippen molar-refractivity contribution in [1.82, 2.24) is 14.7 Å². The largest absolute Gasteiger partial charge is 0.377 e. The third kappa shape index (κ3) is 5.21. The molecule has 5 heteroatoms. The quantitative estimate of drug-likeness (QED) is 0.710. The SMILES string of the molecule is CC(=O)N(C)[C@H]1C[C@H](OCCN2CCN(CC(C)C)CC2)C1. The van der Waals surface area contributed by atoms with Gasteiger partial charge in [0.15, 0.2) is 0 Å². The Kier molecular flexibility index (Phi) is 6.66. The first-order chi connectivity index (χ1) is 10.5. The molecule has 0 atom stereocenters. The van der Waals surface area contributed by atoms with Gasteiger partial charge in [-0.3, -0.25) is 9.69 Å². The zero-order chi connectivity index (χ0) is 16.1. The molecule has 128 valence electrons. The van der Waals surface area contributed by atoms with Gasteiger partial charge in [0.1, 0.15) is 0 Å². The number of hydrogen-bond acceptors (Lipinski definition) is 4. The number of carbonyl (C=O) groups is 1. The molecule has 0 bridgehead atoms. The minimum atomic E-state index is 0.155. The van der Waals surface area contributed by atoms with E-state index in [4.69, 9.17) is 4.74 Å². The molecule has 1 aliphatic heterocycles. The molecule has 2 fully saturated rings. The second-order valence-corrected chi connectivity index (χ2v) is 7.28. The lowest BCUT2D eigenvalue weighted by molar-refractivity contribution is -0.135. The summed E-state index contributed by atoms with van der Waals surface area (Å²) in [7, 11) is 1.89. The summed E-state index contributed by atoms with van der Waals surface area (Å²) < 4.78 is 5.94. The summed E-state index contributed by atoms with van der Waals surface area (Å²) in [4.78, 5) is 18.2. The average Bonchev–Trinajstić information content (AvgIpc) is 2.41. The number of rotatable bonds is 7. The molecule has 1 heterocycles. The van der Waals surface area contributed by atoms with Crippen LogP contribution in [0, 0.1) is 5.92 Å². The van der Waals surface area contributed by atoms with Crippen molar-refractivity contribution >= 4 is 5.91 Å². The van der Waals surface area contributed by atoms with E-state index in [1.165, 1.54) is 19.6 Å². The monoisotopic (exact) mass is 311 g/mol. The van der Waals surface area contributed by atoms with Gasteiger partial charge in [-0.1, -0.05) is 13.8 Å². The predicted molar refractivity (Wildman–Crippen MR) is 88.9 cm³/mol. The third-order valence-electron chi connectivity index (χ3n) is 4.96. The summed E-state index contributed by atoms with van der Waals surface area (Å²) >= 11 is 0. The maximum absolute atomic E-state index is 11.3. The summed E-state index contributed by atoms with van der Waals surface area (Å²) in [5.41, 5.74) is 0. The molecule has 0 aromatic heterocycles. The minimum Gasteiger partial charge on any atom is -0.377 e. The van der Waals surface area contributed by atoms with Crippen molar-refractivity contribution in [3.8, 4) is 0 Å². The van der Waals surface area contributed by atoms with E-state index in [0.717, 1.165) is 45.0 Å². The lowest BCUT2D eigenvalue weighted by Crippen LogP contribution is -2.50. The van der Waals surface area contributed by atoms with E-state index in [0.29, 0.717) is 12.1 Å². The highest BCUT2D eigenvalue weighted by Crippen LogP contribution is 2.27. The Labute approximate surface area is 135 Å². The summed E-state index contributed by atoms with van der Waals surface area (Å²) in [6.07, 6.45) is 2.35. The summed E-state index contributed by atoms with van der Waals surface area (Å²) in [5, 5.41) is 0. The van der Waals surface area contributed by atoms with Crippen LogP contribution in [0.25, 0.3) is 0 Å². The molecule has 5 nitrogen and oxygen atoms in total. The minimum absolute atomic E-state index is 0.155. The number of piperazine rings is 1. The van der Waals surface area contributed by atoms with Crippen LogP contribution in [0.5, 0.6) is 0 Å². The lowest BCUT2D eigenvalue weighted by atomic mass is 9.88. The van der Waals surface area contributed by atoms with Crippen LogP contribution in [-0.2, 0) is 9.53 Å². The first-order valence-electron chi connectivity index (χ1n) is 8.75. The van der Waals surface area contributed by atoms with Crippen LogP contribution in [-0.4, -0.2) is 85.7 Å². The van der Waals surface area contributed by atoms with Crippen molar-refractivity contribution in [1.29, 1.82) is 0 Å². The summed E-state index contributed by atoms with van der Waals surface area (Å²) in [5.74, 6) is 0.914. The Hall–Kier alpha value is -0.650. The number of nitrogens with zero attached hydrogens (tertiary/aromatic N) is 3. The Morgan fingerprint density at radius 3 is 2.32 bits per heavy atom. The molecule has 1 aliphatic carbocycles. The van der Waals surface area contributed by atoms with Crippen LogP contribution >= 0.6 is 0 Å². The molecule has 1 saturated heterocycles. The van der Waals surface area contributed by atoms with Gasteiger partial charge >= 0.3 is 0 Å².